The molecule has 0 radical (unpaired) electrons. The van der Waals surface area contributed by atoms with Crippen LogP contribution in [0.15, 0.2) is 65.9 Å². The van der Waals surface area contributed by atoms with E-state index in [2.05, 4.69) is 15.4 Å². The molecule has 1 aliphatic carbocycles. The minimum atomic E-state index is -0.312. The Kier molecular flexibility index (Phi) is 5.73. The first kappa shape index (κ1) is 20.5. The van der Waals surface area contributed by atoms with Crippen molar-refractivity contribution in [2.24, 2.45) is 0 Å². The highest BCUT2D eigenvalue weighted by Crippen LogP contribution is 2.40. The van der Waals surface area contributed by atoms with Crippen LogP contribution in [0.4, 0.5) is 5.95 Å². The van der Waals surface area contributed by atoms with Crippen molar-refractivity contribution >= 4 is 11.7 Å². The van der Waals surface area contributed by atoms with E-state index in [1.54, 1.807) is 0 Å². The third kappa shape index (κ3) is 4.03. The lowest BCUT2D eigenvalue weighted by Crippen LogP contribution is -2.31. The highest BCUT2D eigenvalue weighted by atomic mass is 16.5. The van der Waals surface area contributed by atoms with Crippen LogP contribution in [0.3, 0.4) is 0 Å². The molecule has 2 aliphatic rings. The van der Waals surface area contributed by atoms with Gasteiger partial charge in [-0.05, 0) is 42.5 Å². The zero-order valence-corrected chi connectivity index (χ0v) is 17.8. The van der Waals surface area contributed by atoms with Gasteiger partial charge in [0.25, 0.3) is 0 Å². The summed E-state index contributed by atoms with van der Waals surface area (Å²) in [6.07, 6.45) is 3.42. The second-order valence-corrected chi connectivity index (χ2v) is 8.16. The molecule has 2 N–H and O–H groups in total. The van der Waals surface area contributed by atoms with Crippen molar-refractivity contribution in [3.63, 3.8) is 0 Å². The topological polar surface area (TPSA) is 89.3 Å². The summed E-state index contributed by atoms with van der Waals surface area (Å²) < 4.78 is 7.74. The SMILES string of the molecule is O=C1CCCC2=C1C(c1ccc(OCc3ccccc3)cc1)n1nc(CCCO)nc1N2. The lowest BCUT2D eigenvalue weighted by atomic mass is 9.85. The molecule has 164 valence electrons. The fourth-order valence-corrected chi connectivity index (χ4v) is 4.34. The lowest BCUT2D eigenvalue weighted by molar-refractivity contribution is -0.116. The molecule has 1 unspecified atom stereocenters. The molecule has 32 heavy (non-hydrogen) atoms. The maximum Gasteiger partial charge on any atom is 0.226 e. The number of carbonyl (C=O) groups excluding carboxylic acids is 1. The average Bonchev–Trinajstić information content (AvgIpc) is 3.24. The van der Waals surface area contributed by atoms with E-state index in [1.165, 1.54) is 0 Å². The van der Waals surface area contributed by atoms with Gasteiger partial charge in [0.1, 0.15) is 18.4 Å². The van der Waals surface area contributed by atoms with Gasteiger partial charge >= 0.3 is 0 Å². The van der Waals surface area contributed by atoms with Crippen molar-refractivity contribution in [2.45, 2.75) is 44.8 Å². The molecule has 7 nitrogen and oxygen atoms in total. The van der Waals surface area contributed by atoms with Gasteiger partial charge in [0.2, 0.25) is 5.95 Å². The van der Waals surface area contributed by atoms with Crippen molar-refractivity contribution < 1.29 is 14.6 Å². The Hall–Kier alpha value is -3.45. The summed E-state index contributed by atoms with van der Waals surface area (Å²) in [5, 5.41) is 17.2. The Balaban J connectivity index is 1.44. The smallest absolute Gasteiger partial charge is 0.226 e. The highest BCUT2D eigenvalue weighted by molar-refractivity contribution is 5.99. The lowest BCUT2D eigenvalue weighted by Gasteiger charge is -2.32. The molecule has 7 heteroatoms. The average molecular weight is 431 g/mol. The molecule has 0 spiro atoms. The van der Waals surface area contributed by atoms with Crippen molar-refractivity contribution in [2.75, 3.05) is 11.9 Å². The second kappa shape index (κ2) is 8.96. The van der Waals surface area contributed by atoms with Crippen LogP contribution in [0.2, 0.25) is 0 Å². The predicted molar refractivity (Wildman–Crippen MR) is 120 cm³/mol. The molecule has 3 aromatic rings. The third-order valence-corrected chi connectivity index (χ3v) is 5.91. The summed E-state index contributed by atoms with van der Waals surface area (Å²) in [5.74, 6) is 2.26. The molecule has 1 atom stereocenters. The van der Waals surface area contributed by atoms with E-state index < -0.39 is 0 Å². The van der Waals surface area contributed by atoms with Gasteiger partial charge in [0, 0.05) is 30.7 Å². The number of allylic oxidation sites excluding steroid dienone is 2. The fourth-order valence-electron chi connectivity index (χ4n) is 4.34. The van der Waals surface area contributed by atoms with Gasteiger partial charge < -0.3 is 15.2 Å². The minimum absolute atomic E-state index is 0.0956. The van der Waals surface area contributed by atoms with Crippen LogP contribution < -0.4 is 10.1 Å². The van der Waals surface area contributed by atoms with Gasteiger partial charge in [-0.15, -0.1) is 0 Å². The van der Waals surface area contributed by atoms with Gasteiger partial charge in [-0.2, -0.15) is 10.1 Å². The first-order chi connectivity index (χ1) is 15.7. The Morgan fingerprint density at radius 3 is 2.69 bits per heavy atom. The van der Waals surface area contributed by atoms with Crippen LogP contribution in [0.5, 0.6) is 5.75 Å². The van der Waals surface area contributed by atoms with E-state index in [0.717, 1.165) is 41.0 Å². The van der Waals surface area contributed by atoms with E-state index in [9.17, 15) is 4.79 Å². The van der Waals surface area contributed by atoms with Crippen molar-refractivity contribution in [3.05, 3.63) is 82.8 Å². The van der Waals surface area contributed by atoms with Gasteiger partial charge in [-0.3, -0.25) is 4.79 Å². The first-order valence-corrected chi connectivity index (χ1v) is 11.1. The molecule has 5 rings (SSSR count). The molecule has 2 heterocycles. The number of aryl methyl sites for hydroxylation is 1. The Morgan fingerprint density at radius 1 is 1.09 bits per heavy atom. The number of Topliss-reactive ketones (excluding diaryl/α,β-unsaturated/α-hetero) is 1. The molecule has 2 aromatic carbocycles. The zero-order valence-electron chi connectivity index (χ0n) is 17.8. The Bertz CT molecular complexity index is 1140. The number of hydrogen-bond donors (Lipinski definition) is 2. The number of aliphatic hydroxyl groups is 1. The third-order valence-electron chi connectivity index (χ3n) is 5.91. The van der Waals surface area contributed by atoms with Crippen molar-refractivity contribution in [1.29, 1.82) is 0 Å². The molecule has 0 fully saturated rings. The summed E-state index contributed by atoms with van der Waals surface area (Å²) in [7, 11) is 0. The largest absolute Gasteiger partial charge is 0.489 e. The van der Waals surface area contributed by atoms with Crippen LogP contribution in [-0.2, 0) is 17.8 Å². The van der Waals surface area contributed by atoms with Crippen LogP contribution in [0.25, 0.3) is 0 Å². The number of fused-ring (bicyclic) bond motifs is 1. The number of ether oxygens (including phenoxy) is 1. The van der Waals surface area contributed by atoms with Crippen LogP contribution >= 0.6 is 0 Å². The summed E-state index contributed by atoms with van der Waals surface area (Å²) in [6.45, 7) is 0.598. The quantitative estimate of drug-likeness (QED) is 0.593. The van der Waals surface area contributed by atoms with Gasteiger partial charge in [0.15, 0.2) is 11.6 Å². The summed E-state index contributed by atoms with van der Waals surface area (Å²) >= 11 is 0. The number of nitrogens with one attached hydrogen (secondary N) is 1. The van der Waals surface area contributed by atoms with Gasteiger partial charge in [-0.1, -0.05) is 42.5 Å². The monoisotopic (exact) mass is 430 g/mol. The number of benzene rings is 2. The normalized spacial score (nSPS) is 17.5. The maximum absolute atomic E-state index is 12.9. The predicted octanol–water partition coefficient (Wildman–Crippen LogP) is 3.80. The molecule has 0 amide bonds. The summed E-state index contributed by atoms with van der Waals surface area (Å²) in [5.41, 5.74) is 3.81. The molecule has 0 saturated heterocycles. The van der Waals surface area contributed by atoms with E-state index in [0.29, 0.717) is 37.6 Å². The zero-order chi connectivity index (χ0) is 21.9. The van der Waals surface area contributed by atoms with Crippen molar-refractivity contribution in [3.8, 4) is 5.75 Å². The molecule has 0 saturated carbocycles. The van der Waals surface area contributed by atoms with E-state index >= 15 is 0 Å². The van der Waals surface area contributed by atoms with Crippen molar-refractivity contribution in [1.82, 2.24) is 14.8 Å². The first-order valence-electron chi connectivity index (χ1n) is 11.1. The second-order valence-electron chi connectivity index (χ2n) is 8.16. The molecule has 0 bridgehead atoms. The number of hydrogen-bond acceptors (Lipinski definition) is 6. The van der Waals surface area contributed by atoms with Crippen LogP contribution in [-0.4, -0.2) is 32.3 Å². The van der Waals surface area contributed by atoms with E-state index in [-0.39, 0.29) is 18.4 Å². The van der Waals surface area contributed by atoms with Gasteiger partial charge in [0.05, 0.1) is 0 Å². The number of aromatic nitrogens is 3. The number of carbonyl (C=O) groups is 1. The van der Waals surface area contributed by atoms with E-state index in [1.807, 2.05) is 59.3 Å². The summed E-state index contributed by atoms with van der Waals surface area (Å²) in [6, 6.07) is 17.6. The number of ketones is 1. The molecule has 1 aliphatic heterocycles. The number of nitrogens with zero attached hydrogens (tertiary/aromatic N) is 3. The molecular weight excluding hydrogens is 404 g/mol. The fraction of sp³-hybridized carbons (Fsp3) is 0.320. The van der Waals surface area contributed by atoms with Crippen LogP contribution in [0, 0.1) is 0 Å². The molecular formula is C25H26N4O3. The Morgan fingerprint density at radius 2 is 1.91 bits per heavy atom. The maximum atomic E-state index is 12.9. The highest BCUT2D eigenvalue weighted by Gasteiger charge is 2.36. The van der Waals surface area contributed by atoms with Crippen LogP contribution in [0.1, 0.15) is 48.7 Å². The standard InChI is InChI=1S/C25H26N4O3/c30-15-5-10-22-27-25-26-20-8-4-9-21(31)23(20)24(29(25)28-22)18-11-13-19(14-12-18)32-16-17-6-2-1-3-7-17/h1-3,6-7,11-14,24,30H,4-5,8-10,15-16H2,(H,26,27,28). The summed E-state index contributed by atoms with van der Waals surface area (Å²) in [4.78, 5) is 17.5. The molecule has 1 aromatic heterocycles. The van der Waals surface area contributed by atoms with E-state index in [4.69, 9.17) is 9.84 Å². The van der Waals surface area contributed by atoms with Gasteiger partial charge in [-0.25, -0.2) is 4.68 Å². The number of anilines is 1. The Labute approximate surface area is 186 Å². The number of rotatable bonds is 7. The number of aliphatic hydroxyl groups excluding tert-OH is 1. The minimum Gasteiger partial charge on any atom is -0.489 e.